The second-order valence-corrected chi connectivity index (χ2v) is 11.5. The molecule has 7 nitrogen and oxygen atoms in total. The van der Waals surface area contributed by atoms with Gasteiger partial charge in [-0.05, 0) is 65.6 Å². The van der Waals surface area contributed by atoms with E-state index in [1.54, 1.807) is 26.0 Å². The molecule has 2 aromatic heterocycles. The van der Waals surface area contributed by atoms with Crippen molar-refractivity contribution in [2.45, 2.75) is 63.9 Å². The Morgan fingerprint density at radius 2 is 1.73 bits per heavy atom. The van der Waals surface area contributed by atoms with Crippen molar-refractivity contribution in [3.05, 3.63) is 58.1 Å². The van der Waals surface area contributed by atoms with Gasteiger partial charge in [-0.1, -0.05) is 17.7 Å². The SMILES string of the molecule is CC1=CC(B2OC(C)(C)C(C)(C)O2)=CCC1(C)S(=O)(=O)n1ccc2cc[nH]c(=O)c21. The molecule has 0 radical (unpaired) electrons. The van der Waals surface area contributed by atoms with Crippen LogP contribution in [0.4, 0.5) is 0 Å². The van der Waals surface area contributed by atoms with Gasteiger partial charge in [-0.3, -0.25) is 4.79 Å². The molecule has 4 rings (SSSR count). The average Bonchev–Trinajstić information content (AvgIpc) is 3.17. The highest BCUT2D eigenvalue weighted by Crippen LogP contribution is 2.42. The molecule has 1 aliphatic carbocycles. The standard InChI is InChI=1S/C21H27BN2O5S/c1-14-13-16(22-28-19(2,3)20(4,5)29-22)7-10-21(14,6)30(26,27)24-12-9-15-8-11-23-18(25)17(15)24/h7-9,11-13H,10H2,1-6H3,(H,23,25). The summed E-state index contributed by atoms with van der Waals surface area (Å²) < 4.78 is 39.5. The number of aromatic amines is 1. The zero-order valence-electron chi connectivity index (χ0n) is 18.1. The van der Waals surface area contributed by atoms with Crippen molar-refractivity contribution in [2.75, 3.05) is 0 Å². The number of rotatable bonds is 3. The number of nitrogens with zero attached hydrogens (tertiary/aromatic N) is 1. The molecule has 2 aromatic rings. The Hall–Kier alpha value is -2.10. The first-order valence-corrected chi connectivity index (χ1v) is 11.4. The van der Waals surface area contributed by atoms with Gasteiger partial charge < -0.3 is 14.3 Å². The highest BCUT2D eigenvalue weighted by molar-refractivity contribution is 7.91. The Bertz CT molecular complexity index is 1240. The zero-order valence-corrected chi connectivity index (χ0v) is 19.0. The Morgan fingerprint density at radius 1 is 1.10 bits per heavy atom. The Labute approximate surface area is 177 Å². The fraction of sp³-hybridized carbons (Fsp3) is 0.476. The van der Waals surface area contributed by atoms with E-state index in [0.29, 0.717) is 11.0 Å². The number of hydrogen-bond donors (Lipinski definition) is 1. The maximum atomic E-state index is 13.7. The van der Waals surface area contributed by atoms with Crippen LogP contribution in [0.2, 0.25) is 0 Å². The van der Waals surface area contributed by atoms with Gasteiger partial charge in [0.2, 0.25) is 10.0 Å². The normalized spacial score (nSPS) is 26.0. The molecule has 30 heavy (non-hydrogen) atoms. The quantitative estimate of drug-likeness (QED) is 0.756. The Morgan fingerprint density at radius 3 is 2.33 bits per heavy atom. The van der Waals surface area contributed by atoms with Crippen molar-refractivity contribution < 1.29 is 17.7 Å². The number of aromatic nitrogens is 2. The van der Waals surface area contributed by atoms with E-state index in [-0.39, 0.29) is 11.9 Å². The van der Waals surface area contributed by atoms with Gasteiger partial charge in [-0.15, -0.1) is 0 Å². The fourth-order valence-electron chi connectivity index (χ4n) is 3.87. The van der Waals surface area contributed by atoms with E-state index in [1.807, 2.05) is 39.8 Å². The number of hydrogen-bond acceptors (Lipinski definition) is 5. The molecule has 3 heterocycles. The van der Waals surface area contributed by atoms with Crippen LogP contribution in [0.25, 0.3) is 10.9 Å². The number of allylic oxidation sites excluding steroid dienone is 3. The van der Waals surface area contributed by atoms with E-state index >= 15 is 0 Å². The third-order valence-electron chi connectivity index (χ3n) is 6.87. The van der Waals surface area contributed by atoms with Gasteiger partial charge in [0, 0.05) is 17.8 Å². The molecule has 1 aliphatic heterocycles. The molecular weight excluding hydrogens is 403 g/mol. The molecule has 1 N–H and O–H groups in total. The van der Waals surface area contributed by atoms with Gasteiger partial charge >= 0.3 is 7.12 Å². The molecule has 1 fully saturated rings. The third-order valence-corrected chi connectivity index (χ3v) is 9.32. The molecule has 1 saturated heterocycles. The zero-order chi connectivity index (χ0) is 22.1. The number of fused-ring (bicyclic) bond motifs is 1. The molecule has 1 atom stereocenters. The summed E-state index contributed by atoms with van der Waals surface area (Å²) in [7, 11) is -4.46. The maximum Gasteiger partial charge on any atom is 0.494 e. The molecule has 160 valence electrons. The smallest absolute Gasteiger partial charge is 0.399 e. The van der Waals surface area contributed by atoms with Crippen LogP contribution < -0.4 is 5.56 Å². The molecule has 0 bridgehead atoms. The van der Waals surface area contributed by atoms with E-state index in [4.69, 9.17) is 9.31 Å². The lowest BCUT2D eigenvalue weighted by atomic mass is 9.72. The number of nitrogens with one attached hydrogen (secondary N) is 1. The summed E-state index contributed by atoms with van der Waals surface area (Å²) in [6.45, 7) is 11.4. The average molecular weight is 430 g/mol. The van der Waals surface area contributed by atoms with Gasteiger partial charge in [-0.2, -0.15) is 0 Å². The van der Waals surface area contributed by atoms with Crippen LogP contribution in [0.5, 0.6) is 0 Å². The topological polar surface area (TPSA) is 90.4 Å². The summed E-state index contributed by atoms with van der Waals surface area (Å²) in [6.07, 6.45) is 6.90. The molecule has 0 amide bonds. The summed E-state index contributed by atoms with van der Waals surface area (Å²) in [5.74, 6) is 0. The van der Waals surface area contributed by atoms with Crippen molar-refractivity contribution in [1.82, 2.24) is 8.96 Å². The van der Waals surface area contributed by atoms with Crippen LogP contribution in [0, 0.1) is 0 Å². The first kappa shape index (κ1) is 21.1. The van der Waals surface area contributed by atoms with Crippen molar-refractivity contribution in [2.24, 2.45) is 0 Å². The van der Waals surface area contributed by atoms with E-state index in [0.717, 1.165) is 9.44 Å². The van der Waals surface area contributed by atoms with Crippen LogP contribution in [-0.4, -0.2) is 40.4 Å². The van der Waals surface area contributed by atoms with Crippen molar-refractivity contribution >= 4 is 28.0 Å². The van der Waals surface area contributed by atoms with Crippen LogP contribution in [0.1, 0.15) is 48.0 Å². The highest BCUT2D eigenvalue weighted by atomic mass is 32.2. The largest absolute Gasteiger partial charge is 0.494 e. The predicted molar refractivity (Wildman–Crippen MR) is 118 cm³/mol. The van der Waals surface area contributed by atoms with Gasteiger partial charge in [-0.25, -0.2) is 12.4 Å². The molecule has 2 aliphatic rings. The predicted octanol–water partition coefficient (Wildman–Crippen LogP) is 3.17. The summed E-state index contributed by atoms with van der Waals surface area (Å²) in [6, 6.07) is 3.32. The minimum absolute atomic E-state index is 0.132. The third kappa shape index (κ3) is 2.86. The molecule has 9 heteroatoms. The number of pyridine rings is 1. The molecule has 0 spiro atoms. The lowest BCUT2D eigenvalue weighted by Crippen LogP contribution is -2.42. The van der Waals surface area contributed by atoms with E-state index < -0.39 is 38.7 Å². The van der Waals surface area contributed by atoms with E-state index in [1.165, 1.54) is 12.4 Å². The van der Waals surface area contributed by atoms with Gasteiger partial charge in [0.15, 0.2) is 0 Å². The first-order chi connectivity index (χ1) is 13.8. The van der Waals surface area contributed by atoms with Crippen LogP contribution in [0.15, 0.2) is 52.5 Å². The van der Waals surface area contributed by atoms with Crippen LogP contribution >= 0.6 is 0 Å². The highest BCUT2D eigenvalue weighted by Gasteiger charge is 2.53. The van der Waals surface area contributed by atoms with Crippen molar-refractivity contribution in [1.29, 1.82) is 0 Å². The Balaban J connectivity index is 1.72. The maximum absolute atomic E-state index is 13.7. The minimum Gasteiger partial charge on any atom is -0.399 e. The first-order valence-electron chi connectivity index (χ1n) is 9.98. The van der Waals surface area contributed by atoms with Gasteiger partial charge in [0.25, 0.3) is 5.56 Å². The second-order valence-electron chi connectivity index (χ2n) is 9.28. The minimum atomic E-state index is -3.91. The molecular formula is C21H27BN2O5S. The summed E-state index contributed by atoms with van der Waals surface area (Å²) >= 11 is 0. The lowest BCUT2D eigenvalue weighted by Gasteiger charge is -2.33. The van der Waals surface area contributed by atoms with E-state index in [9.17, 15) is 13.2 Å². The molecule has 1 unspecified atom stereocenters. The van der Waals surface area contributed by atoms with Crippen molar-refractivity contribution in [3.8, 4) is 0 Å². The van der Waals surface area contributed by atoms with Crippen molar-refractivity contribution in [3.63, 3.8) is 0 Å². The van der Waals surface area contributed by atoms with Crippen LogP contribution in [-0.2, 0) is 19.3 Å². The molecule has 0 aromatic carbocycles. The lowest BCUT2D eigenvalue weighted by molar-refractivity contribution is 0.00578. The Kier molecular flexibility index (Phi) is 4.55. The van der Waals surface area contributed by atoms with Crippen LogP contribution in [0.3, 0.4) is 0 Å². The fourth-order valence-corrected chi connectivity index (χ4v) is 5.72. The summed E-state index contributed by atoms with van der Waals surface area (Å²) in [5, 5.41) is 0.580. The molecule has 0 saturated carbocycles. The summed E-state index contributed by atoms with van der Waals surface area (Å²) in [4.78, 5) is 14.9. The van der Waals surface area contributed by atoms with Gasteiger partial charge in [0.1, 0.15) is 10.3 Å². The van der Waals surface area contributed by atoms with Gasteiger partial charge in [0.05, 0.1) is 11.2 Å². The van der Waals surface area contributed by atoms with E-state index in [2.05, 4.69) is 4.98 Å². The monoisotopic (exact) mass is 430 g/mol. The number of H-pyrrole nitrogens is 1. The summed E-state index contributed by atoms with van der Waals surface area (Å²) in [5.41, 5.74) is 0.233. The second kappa shape index (κ2) is 6.45.